The zero-order chi connectivity index (χ0) is 13.3. The smallest absolute Gasteiger partial charge is 0.163 e. The first-order valence-electron chi connectivity index (χ1n) is 6.42. The molecule has 2 rings (SSSR count). The predicted octanol–water partition coefficient (Wildman–Crippen LogP) is 2.69. The molecule has 0 amide bonds. The van der Waals surface area contributed by atoms with Crippen LogP contribution < -0.4 is 5.73 Å². The van der Waals surface area contributed by atoms with E-state index in [1.165, 1.54) is 6.07 Å². The van der Waals surface area contributed by atoms with Gasteiger partial charge in [-0.3, -0.25) is 4.90 Å². The van der Waals surface area contributed by atoms with Gasteiger partial charge in [0.15, 0.2) is 11.6 Å². The van der Waals surface area contributed by atoms with Gasteiger partial charge >= 0.3 is 0 Å². The molecule has 4 heteroatoms. The van der Waals surface area contributed by atoms with E-state index in [-0.39, 0.29) is 5.56 Å². The van der Waals surface area contributed by atoms with E-state index in [1.54, 1.807) is 6.07 Å². The van der Waals surface area contributed by atoms with E-state index in [0.717, 1.165) is 19.0 Å². The van der Waals surface area contributed by atoms with Gasteiger partial charge in [0, 0.05) is 30.7 Å². The molecule has 0 aliphatic carbocycles. The van der Waals surface area contributed by atoms with Crippen molar-refractivity contribution in [2.75, 3.05) is 13.1 Å². The summed E-state index contributed by atoms with van der Waals surface area (Å²) >= 11 is 0. The number of benzene rings is 1. The Morgan fingerprint density at radius 1 is 1.39 bits per heavy atom. The lowest BCUT2D eigenvalue weighted by molar-refractivity contribution is 0.247. The third kappa shape index (κ3) is 2.70. The molecule has 0 saturated carbocycles. The van der Waals surface area contributed by atoms with Gasteiger partial charge in [0.2, 0.25) is 0 Å². The summed E-state index contributed by atoms with van der Waals surface area (Å²) < 4.78 is 26.8. The van der Waals surface area contributed by atoms with Crippen LogP contribution in [-0.2, 0) is 0 Å². The minimum Gasteiger partial charge on any atom is -0.323 e. The van der Waals surface area contributed by atoms with Gasteiger partial charge < -0.3 is 5.73 Å². The van der Waals surface area contributed by atoms with E-state index < -0.39 is 17.7 Å². The van der Waals surface area contributed by atoms with Crippen LogP contribution in [0.25, 0.3) is 0 Å². The quantitative estimate of drug-likeness (QED) is 0.898. The van der Waals surface area contributed by atoms with Crippen molar-refractivity contribution in [3.63, 3.8) is 0 Å². The predicted molar refractivity (Wildman–Crippen MR) is 68.1 cm³/mol. The van der Waals surface area contributed by atoms with E-state index in [1.807, 2.05) is 0 Å². The number of halogens is 2. The van der Waals surface area contributed by atoms with Crippen LogP contribution >= 0.6 is 0 Å². The van der Waals surface area contributed by atoms with Gasteiger partial charge in [-0.25, -0.2) is 8.78 Å². The Hall–Kier alpha value is -1.00. The maximum absolute atomic E-state index is 13.6. The highest BCUT2D eigenvalue weighted by Gasteiger charge is 2.28. The summed E-state index contributed by atoms with van der Waals surface area (Å²) in [6.45, 7) is 5.90. The van der Waals surface area contributed by atoms with Gasteiger partial charge in [-0.2, -0.15) is 0 Å². The minimum atomic E-state index is -0.828. The largest absolute Gasteiger partial charge is 0.323 e. The summed E-state index contributed by atoms with van der Waals surface area (Å²) in [5.41, 5.74) is 6.27. The van der Waals surface area contributed by atoms with Crippen molar-refractivity contribution in [2.24, 2.45) is 11.7 Å². The molecule has 0 aromatic heterocycles. The monoisotopic (exact) mass is 254 g/mol. The van der Waals surface area contributed by atoms with Crippen LogP contribution in [0.2, 0.25) is 0 Å². The van der Waals surface area contributed by atoms with E-state index >= 15 is 0 Å². The van der Waals surface area contributed by atoms with Gasteiger partial charge in [-0.15, -0.1) is 0 Å². The maximum Gasteiger partial charge on any atom is 0.163 e. The van der Waals surface area contributed by atoms with Gasteiger partial charge in [0.25, 0.3) is 0 Å². The summed E-state index contributed by atoms with van der Waals surface area (Å²) in [6.07, 6.45) is 1.14. The highest BCUT2D eigenvalue weighted by atomic mass is 19.2. The molecule has 1 aromatic carbocycles. The van der Waals surface area contributed by atoms with Crippen molar-refractivity contribution in [3.05, 3.63) is 35.4 Å². The van der Waals surface area contributed by atoms with Crippen molar-refractivity contribution in [2.45, 2.75) is 32.4 Å². The number of likely N-dealkylation sites (tertiary alicyclic amines) is 1. The summed E-state index contributed by atoms with van der Waals surface area (Å²) in [4.78, 5) is 2.25. The van der Waals surface area contributed by atoms with Crippen molar-refractivity contribution < 1.29 is 8.78 Å². The number of hydrogen-bond acceptors (Lipinski definition) is 2. The first kappa shape index (κ1) is 13.4. The van der Waals surface area contributed by atoms with Crippen LogP contribution in [0.3, 0.4) is 0 Å². The standard InChI is InChI=1S/C14H20F2N2/c1-9-6-10(2)18(7-9)8-13(17)11-4-3-5-12(15)14(11)16/h3-5,9-10,13H,6-8,17H2,1-2H3. The Kier molecular flexibility index (Phi) is 3.97. The first-order chi connectivity index (χ1) is 8.49. The number of nitrogens with two attached hydrogens (primary N) is 1. The van der Waals surface area contributed by atoms with Crippen LogP contribution in [0.15, 0.2) is 18.2 Å². The summed E-state index contributed by atoms with van der Waals surface area (Å²) in [5.74, 6) is -1.000. The second-order valence-electron chi connectivity index (χ2n) is 5.39. The minimum absolute atomic E-state index is 0.266. The van der Waals surface area contributed by atoms with Crippen LogP contribution in [0, 0.1) is 17.6 Å². The van der Waals surface area contributed by atoms with Crippen molar-refractivity contribution >= 4 is 0 Å². The Morgan fingerprint density at radius 3 is 2.72 bits per heavy atom. The van der Waals surface area contributed by atoms with Crippen LogP contribution in [0.4, 0.5) is 8.78 Å². The lowest BCUT2D eigenvalue weighted by Crippen LogP contribution is -2.35. The van der Waals surface area contributed by atoms with E-state index in [2.05, 4.69) is 18.7 Å². The molecule has 0 bridgehead atoms. The SMILES string of the molecule is CC1CC(C)N(CC(N)c2cccc(F)c2F)C1. The van der Waals surface area contributed by atoms with Gasteiger partial charge in [0.1, 0.15) is 0 Å². The van der Waals surface area contributed by atoms with E-state index in [9.17, 15) is 8.78 Å². The molecule has 2 N–H and O–H groups in total. The van der Waals surface area contributed by atoms with Crippen LogP contribution in [0.1, 0.15) is 31.9 Å². The molecule has 2 nitrogen and oxygen atoms in total. The molecular formula is C14H20F2N2. The maximum atomic E-state index is 13.6. The van der Waals surface area contributed by atoms with Crippen LogP contribution in [0.5, 0.6) is 0 Å². The molecule has 1 aromatic rings. The zero-order valence-corrected chi connectivity index (χ0v) is 10.9. The molecule has 3 unspecified atom stereocenters. The van der Waals surface area contributed by atoms with Crippen molar-refractivity contribution in [1.29, 1.82) is 0 Å². The Bertz CT molecular complexity index is 422. The van der Waals surface area contributed by atoms with Crippen molar-refractivity contribution in [1.82, 2.24) is 4.90 Å². The molecule has 3 atom stereocenters. The molecule has 1 aliphatic heterocycles. The second-order valence-corrected chi connectivity index (χ2v) is 5.39. The Morgan fingerprint density at radius 2 is 2.11 bits per heavy atom. The van der Waals surface area contributed by atoms with Crippen LogP contribution in [-0.4, -0.2) is 24.0 Å². The number of hydrogen-bond donors (Lipinski definition) is 1. The van der Waals surface area contributed by atoms with E-state index in [4.69, 9.17) is 5.73 Å². The molecule has 1 heterocycles. The fourth-order valence-electron chi connectivity index (χ4n) is 2.80. The molecule has 0 radical (unpaired) electrons. The molecule has 1 fully saturated rings. The van der Waals surface area contributed by atoms with E-state index in [0.29, 0.717) is 18.5 Å². The zero-order valence-electron chi connectivity index (χ0n) is 10.9. The highest BCUT2D eigenvalue weighted by Crippen LogP contribution is 2.25. The molecular weight excluding hydrogens is 234 g/mol. The molecule has 18 heavy (non-hydrogen) atoms. The third-order valence-electron chi connectivity index (χ3n) is 3.73. The van der Waals surface area contributed by atoms with Gasteiger partial charge in [0.05, 0.1) is 0 Å². The molecule has 100 valence electrons. The second kappa shape index (κ2) is 5.33. The topological polar surface area (TPSA) is 29.3 Å². The Balaban J connectivity index is 2.08. The summed E-state index contributed by atoms with van der Waals surface area (Å²) in [5, 5.41) is 0. The average Bonchev–Trinajstić information content (AvgIpc) is 2.61. The summed E-state index contributed by atoms with van der Waals surface area (Å²) in [6, 6.07) is 4.17. The number of rotatable bonds is 3. The summed E-state index contributed by atoms with van der Waals surface area (Å²) in [7, 11) is 0. The Labute approximate surface area is 107 Å². The highest BCUT2D eigenvalue weighted by molar-refractivity contribution is 5.22. The first-order valence-corrected chi connectivity index (χ1v) is 6.42. The average molecular weight is 254 g/mol. The fraction of sp³-hybridized carbons (Fsp3) is 0.571. The van der Waals surface area contributed by atoms with Gasteiger partial charge in [-0.05, 0) is 25.3 Å². The van der Waals surface area contributed by atoms with Crippen molar-refractivity contribution in [3.8, 4) is 0 Å². The molecule has 1 saturated heterocycles. The lowest BCUT2D eigenvalue weighted by Gasteiger charge is -2.25. The van der Waals surface area contributed by atoms with Gasteiger partial charge in [-0.1, -0.05) is 19.1 Å². The normalized spacial score (nSPS) is 26.5. The molecule has 0 spiro atoms. The number of nitrogens with zero attached hydrogens (tertiary/aromatic N) is 1. The lowest BCUT2D eigenvalue weighted by atomic mass is 10.1. The third-order valence-corrected chi connectivity index (χ3v) is 3.73. The molecule has 1 aliphatic rings. The fourth-order valence-corrected chi connectivity index (χ4v) is 2.80.